The van der Waals surface area contributed by atoms with Gasteiger partial charge in [0, 0.05) is 5.69 Å². The number of para-hydroxylation sites is 2. The first-order valence-electron chi connectivity index (χ1n) is 6.96. The lowest BCUT2D eigenvalue weighted by Gasteiger charge is -2.05. The van der Waals surface area contributed by atoms with Crippen LogP contribution in [-0.2, 0) is 11.2 Å². The predicted octanol–water partition coefficient (Wildman–Crippen LogP) is 2.41. The number of benzene rings is 2. The molecule has 0 aliphatic heterocycles. The quantitative estimate of drug-likeness (QED) is 0.778. The second-order valence-electron chi connectivity index (χ2n) is 5.12. The van der Waals surface area contributed by atoms with Crippen LogP contribution < -0.4 is 10.9 Å². The Bertz CT molecular complexity index is 882. The molecular weight excluding hydrogens is 278 g/mol. The van der Waals surface area contributed by atoms with Gasteiger partial charge < -0.3 is 10.3 Å². The smallest absolute Gasteiger partial charge is 0.270 e. The maximum Gasteiger partial charge on any atom is 0.270 e. The highest BCUT2D eigenvalue weighted by molar-refractivity contribution is 5.92. The summed E-state index contributed by atoms with van der Waals surface area (Å²) in [5, 5.41) is 2.76. The number of carbonyl (C=O) groups is 1. The third-order valence-corrected chi connectivity index (χ3v) is 3.33. The van der Waals surface area contributed by atoms with Gasteiger partial charge in [-0.3, -0.25) is 9.59 Å². The molecule has 1 aromatic heterocycles. The van der Waals surface area contributed by atoms with E-state index in [1.807, 2.05) is 43.3 Å². The lowest BCUT2D eigenvalue weighted by molar-refractivity contribution is -0.115. The maximum atomic E-state index is 12.1. The predicted molar refractivity (Wildman–Crippen MR) is 85.9 cm³/mol. The van der Waals surface area contributed by atoms with E-state index in [1.54, 1.807) is 12.1 Å². The van der Waals surface area contributed by atoms with Crippen LogP contribution in [0.25, 0.3) is 11.0 Å². The third-order valence-electron chi connectivity index (χ3n) is 3.33. The molecule has 22 heavy (non-hydrogen) atoms. The minimum Gasteiger partial charge on any atom is -0.326 e. The summed E-state index contributed by atoms with van der Waals surface area (Å²) < 4.78 is 0. The first-order valence-corrected chi connectivity index (χ1v) is 6.96. The van der Waals surface area contributed by atoms with Gasteiger partial charge in [-0.25, -0.2) is 4.98 Å². The van der Waals surface area contributed by atoms with Crippen LogP contribution in [0.5, 0.6) is 0 Å². The average molecular weight is 293 g/mol. The lowest BCUT2D eigenvalue weighted by Crippen LogP contribution is -2.22. The number of hydrogen-bond donors (Lipinski definition) is 2. The Labute approximate surface area is 127 Å². The number of nitrogens with one attached hydrogen (secondary N) is 2. The first kappa shape index (κ1) is 14.0. The van der Waals surface area contributed by atoms with Crippen LogP contribution in [0, 0.1) is 6.92 Å². The molecule has 0 aliphatic rings. The molecule has 5 nitrogen and oxygen atoms in total. The fourth-order valence-electron chi connectivity index (χ4n) is 2.18. The second kappa shape index (κ2) is 5.81. The average Bonchev–Trinajstić information content (AvgIpc) is 2.50. The molecule has 1 amide bonds. The number of amides is 1. The molecule has 3 rings (SSSR count). The fourth-order valence-corrected chi connectivity index (χ4v) is 2.18. The molecule has 0 unspecified atom stereocenters. The second-order valence-corrected chi connectivity index (χ2v) is 5.12. The largest absolute Gasteiger partial charge is 0.326 e. The first-order chi connectivity index (χ1) is 10.6. The van der Waals surface area contributed by atoms with Crippen molar-refractivity contribution in [1.82, 2.24) is 9.97 Å². The van der Waals surface area contributed by atoms with E-state index in [4.69, 9.17) is 0 Å². The number of hydrogen-bond acceptors (Lipinski definition) is 3. The summed E-state index contributed by atoms with van der Waals surface area (Å²) in [6.07, 6.45) is -0.0615. The van der Waals surface area contributed by atoms with E-state index >= 15 is 0 Å². The SMILES string of the molecule is Cc1ccc(NC(=O)Cc2nc3ccccc3[nH]c2=O)cc1. The van der Waals surface area contributed by atoms with E-state index < -0.39 is 0 Å². The molecule has 3 aromatic rings. The summed E-state index contributed by atoms with van der Waals surface area (Å²) in [4.78, 5) is 31.0. The van der Waals surface area contributed by atoms with Gasteiger partial charge in [0.25, 0.3) is 5.56 Å². The van der Waals surface area contributed by atoms with Gasteiger partial charge in [-0.2, -0.15) is 0 Å². The molecule has 1 heterocycles. The highest BCUT2D eigenvalue weighted by Crippen LogP contribution is 2.10. The van der Waals surface area contributed by atoms with Crippen LogP contribution in [-0.4, -0.2) is 15.9 Å². The minimum absolute atomic E-state index is 0.0615. The molecule has 0 bridgehead atoms. The molecular formula is C17H15N3O2. The van der Waals surface area contributed by atoms with E-state index in [9.17, 15) is 9.59 Å². The molecule has 0 saturated heterocycles. The van der Waals surface area contributed by atoms with Crippen LogP contribution in [0.3, 0.4) is 0 Å². The number of aromatic nitrogens is 2. The Morgan fingerprint density at radius 2 is 1.86 bits per heavy atom. The van der Waals surface area contributed by atoms with E-state index in [-0.39, 0.29) is 23.6 Å². The zero-order valence-corrected chi connectivity index (χ0v) is 12.1. The number of anilines is 1. The van der Waals surface area contributed by atoms with Gasteiger partial charge >= 0.3 is 0 Å². The number of aryl methyl sites for hydroxylation is 1. The van der Waals surface area contributed by atoms with Crippen LogP contribution in [0.15, 0.2) is 53.3 Å². The van der Waals surface area contributed by atoms with Crippen molar-refractivity contribution in [2.45, 2.75) is 13.3 Å². The van der Waals surface area contributed by atoms with Crippen molar-refractivity contribution in [3.05, 3.63) is 70.1 Å². The van der Waals surface area contributed by atoms with Crippen molar-refractivity contribution in [3.63, 3.8) is 0 Å². The zero-order chi connectivity index (χ0) is 15.5. The Hall–Kier alpha value is -2.95. The molecule has 0 radical (unpaired) electrons. The van der Waals surface area contributed by atoms with Gasteiger partial charge in [-0.15, -0.1) is 0 Å². The summed E-state index contributed by atoms with van der Waals surface area (Å²) in [7, 11) is 0. The number of H-pyrrole nitrogens is 1. The third kappa shape index (κ3) is 3.03. The monoisotopic (exact) mass is 293 g/mol. The van der Waals surface area contributed by atoms with Gasteiger partial charge in [0.05, 0.1) is 17.5 Å². The summed E-state index contributed by atoms with van der Waals surface area (Å²) in [5.74, 6) is -0.267. The van der Waals surface area contributed by atoms with Gasteiger partial charge in [0.2, 0.25) is 5.91 Å². The van der Waals surface area contributed by atoms with Crippen molar-refractivity contribution in [1.29, 1.82) is 0 Å². The number of nitrogens with zero attached hydrogens (tertiary/aromatic N) is 1. The van der Waals surface area contributed by atoms with E-state index in [1.165, 1.54) is 0 Å². The number of carbonyl (C=O) groups excluding carboxylic acids is 1. The number of fused-ring (bicyclic) bond motifs is 1. The lowest BCUT2D eigenvalue weighted by atomic mass is 10.2. The van der Waals surface area contributed by atoms with E-state index in [0.717, 1.165) is 5.56 Å². The standard InChI is InChI=1S/C17H15N3O2/c1-11-6-8-12(9-7-11)18-16(21)10-15-17(22)20-14-5-3-2-4-13(14)19-15/h2-9H,10H2,1H3,(H,18,21)(H,20,22). The zero-order valence-electron chi connectivity index (χ0n) is 12.1. The van der Waals surface area contributed by atoms with Gasteiger partial charge in [-0.05, 0) is 31.2 Å². The number of rotatable bonds is 3. The molecule has 2 aromatic carbocycles. The molecule has 5 heteroatoms. The molecule has 0 saturated carbocycles. The van der Waals surface area contributed by atoms with Crippen molar-refractivity contribution in [2.24, 2.45) is 0 Å². The summed E-state index contributed by atoms with van der Waals surface area (Å²) in [6, 6.07) is 14.7. The van der Waals surface area contributed by atoms with Crippen LogP contribution in [0.2, 0.25) is 0 Å². The van der Waals surface area contributed by atoms with Crippen LogP contribution in [0.4, 0.5) is 5.69 Å². The van der Waals surface area contributed by atoms with Crippen molar-refractivity contribution < 1.29 is 4.79 Å². The van der Waals surface area contributed by atoms with Crippen molar-refractivity contribution in [2.75, 3.05) is 5.32 Å². The summed E-state index contributed by atoms with van der Waals surface area (Å²) in [6.45, 7) is 1.98. The van der Waals surface area contributed by atoms with Crippen molar-refractivity contribution >= 4 is 22.6 Å². The fraction of sp³-hybridized carbons (Fsp3) is 0.118. The number of aromatic amines is 1. The Morgan fingerprint density at radius 3 is 2.64 bits per heavy atom. The van der Waals surface area contributed by atoms with E-state index in [0.29, 0.717) is 16.7 Å². The Balaban J connectivity index is 1.80. The minimum atomic E-state index is -0.335. The Morgan fingerprint density at radius 1 is 1.14 bits per heavy atom. The normalized spacial score (nSPS) is 10.6. The molecule has 110 valence electrons. The summed E-state index contributed by atoms with van der Waals surface area (Å²) in [5.41, 5.74) is 3.02. The van der Waals surface area contributed by atoms with Gasteiger partial charge in [-0.1, -0.05) is 29.8 Å². The maximum absolute atomic E-state index is 12.1. The Kier molecular flexibility index (Phi) is 3.70. The molecule has 0 aliphatic carbocycles. The molecule has 2 N–H and O–H groups in total. The molecule has 0 atom stereocenters. The van der Waals surface area contributed by atoms with E-state index in [2.05, 4.69) is 15.3 Å². The summed E-state index contributed by atoms with van der Waals surface area (Å²) >= 11 is 0. The molecule has 0 spiro atoms. The topological polar surface area (TPSA) is 74.8 Å². The van der Waals surface area contributed by atoms with Crippen LogP contribution in [0.1, 0.15) is 11.3 Å². The van der Waals surface area contributed by atoms with Crippen molar-refractivity contribution in [3.8, 4) is 0 Å². The highest BCUT2D eigenvalue weighted by Gasteiger charge is 2.10. The highest BCUT2D eigenvalue weighted by atomic mass is 16.2. The van der Waals surface area contributed by atoms with Gasteiger partial charge in [0.15, 0.2) is 0 Å². The van der Waals surface area contributed by atoms with Crippen LogP contribution >= 0.6 is 0 Å². The van der Waals surface area contributed by atoms with Gasteiger partial charge in [0.1, 0.15) is 5.69 Å². The molecule has 0 fully saturated rings.